The minimum Gasteiger partial charge on any atom is -0.459 e. The van der Waals surface area contributed by atoms with Gasteiger partial charge in [-0.2, -0.15) is 26.3 Å². The molecule has 0 aromatic carbocycles. The van der Waals surface area contributed by atoms with Gasteiger partial charge >= 0.3 is 66.4 Å². The summed E-state index contributed by atoms with van der Waals surface area (Å²) in [4.78, 5) is 106. The van der Waals surface area contributed by atoms with E-state index in [0.717, 1.165) is 75.0 Å². The van der Waals surface area contributed by atoms with Crippen molar-refractivity contribution in [3.8, 4) is 0 Å². The monoisotopic (exact) mass is 1650 g/mol. The van der Waals surface area contributed by atoms with E-state index in [1.165, 1.54) is 138 Å². The Labute approximate surface area is 683 Å². The van der Waals surface area contributed by atoms with Gasteiger partial charge in [-0.3, -0.25) is 4.79 Å². The number of fused-ring (bicyclic) bond motifs is 1. The summed E-state index contributed by atoms with van der Waals surface area (Å²) in [5.74, 6) is 0.563. The van der Waals surface area contributed by atoms with Crippen molar-refractivity contribution < 1.29 is 122 Å². The first-order valence-electron chi connectivity index (χ1n) is 41.8. The van der Waals surface area contributed by atoms with E-state index in [0.29, 0.717) is 71.3 Å². The van der Waals surface area contributed by atoms with E-state index in [9.17, 15) is 69.5 Å². The van der Waals surface area contributed by atoms with Gasteiger partial charge in [-0.05, 0) is 319 Å². The highest BCUT2D eigenvalue weighted by atomic mass is 19.4. The Hall–Kier alpha value is -7.15. The summed E-state index contributed by atoms with van der Waals surface area (Å²) in [5.41, 5.74) is -7.68. The van der Waals surface area contributed by atoms with E-state index in [4.69, 9.17) is 52.1 Å². The highest BCUT2D eigenvalue weighted by Crippen LogP contribution is 2.63. The summed E-state index contributed by atoms with van der Waals surface area (Å²) < 4.78 is 145. The third kappa shape index (κ3) is 23.3. The average molecular weight is 1650 g/mol. The molecule has 654 valence electrons. The number of halogens is 6. The van der Waals surface area contributed by atoms with Crippen LogP contribution in [0.25, 0.3) is 0 Å². The highest BCUT2D eigenvalue weighted by molar-refractivity contribution is 5.89. The number of hydrogen-bond donors (Lipinski definition) is 0. The van der Waals surface area contributed by atoms with Crippen LogP contribution in [0.4, 0.5) is 35.9 Å². The van der Waals surface area contributed by atoms with Crippen LogP contribution in [-0.2, 0) is 85.7 Å². The lowest BCUT2D eigenvalue weighted by Gasteiger charge is -2.60. The van der Waals surface area contributed by atoms with Gasteiger partial charge in [-0.15, -0.1) is 0 Å². The zero-order chi connectivity index (χ0) is 87.4. The summed E-state index contributed by atoms with van der Waals surface area (Å²) in [6.07, 6.45) is 7.36. The predicted molar refractivity (Wildman–Crippen MR) is 421 cm³/mol. The SMILES string of the molecule is C=C(C)C(=O)OC1(C)C2CC3CC(C2)CC1C3.C=C(C)C(=O)OC1(C)CCCC1.C=C(C)C(=O)OC1(CC)C2CC3CC(C2)CC1C3.C=C(C)C(=O)OC1(CC)CCCC1.C=C(C)C(=O)OC1C2CC3C(=O)OC1C3C2.C=C(C)C(=O)OC1CC(C(C)(OC(=O)OC(C)(C)C)C(F)(F)F)CC(C(C)(OC(=O)OC(C)(C)C)C(F)(F)F)C1. The minimum absolute atomic E-state index is 0.0646. The molecule has 1 heterocycles. The van der Waals surface area contributed by atoms with E-state index in [1.807, 2.05) is 6.92 Å². The fourth-order valence-electron chi connectivity index (χ4n) is 20.4. The average Bonchev–Trinajstić information content (AvgIpc) is 1.11. The molecule has 1 aliphatic heterocycles. The van der Waals surface area contributed by atoms with Crippen LogP contribution in [-0.4, -0.2) is 130 Å². The summed E-state index contributed by atoms with van der Waals surface area (Å²) in [7, 11) is 0. The van der Waals surface area contributed by atoms with Gasteiger partial charge in [0.1, 0.15) is 51.9 Å². The number of carbonyl (C=O) groups is 9. The molecule has 1 saturated heterocycles. The molecule has 9 unspecified atom stereocenters. The molecular weight excluding hydrogens is 1510 g/mol. The molecule has 0 aromatic rings. The molecule has 116 heavy (non-hydrogen) atoms. The van der Waals surface area contributed by atoms with Gasteiger partial charge in [0, 0.05) is 57.1 Å². The normalized spacial score (nSPS) is 32.3. The Morgan fingerprint density at radius 2 is 0.784 bits per heavy atom. The lowest BCUT2D eigenvalue weighted by molar-refractivity contribution is -0.303. The van der Waals surface area contributed by atoms with Gasteiger partial charge < -0.3 is 52.1 Å². The number of rotatable bonds is 18. The lowest BCUT2D eigenvalue weighted by atomic mass is 9.49. The van der Waals surface area contributed by atoms with Crippen LogP contribution >= 0.6 is 0 Å². The quantitative estimate of drug-likeness (QED) is 0.0535. The van der Waals surface area contributed by atoms with Crippen LogP contribution < -0.4 is 0 Å². The van der Waals surface area contributed by atoms with E-state index < -0.39 is 90.2 Å². The second-order valence-electron chi connectivity index (χ2n) is 38.5. The molecule has 0 aromatic heterocycles. The molecule has 13 aliphatic carbocycles. The maximum Gasteiger partial charge on any atom is 0.509 e. The molecule has 0 radical (unpaired) electrons. The molecule has 13 saturated carbocycles. The van der Waals surface area contributed by atoms with Gasteiger partial charge in [-0.1, -0.05) is 53.3 Å². The first-order chi connectivity index (χ1) is 53.3. The van der Waals surface area contributed by atoms with Crippen LogP contribution in [0.1, 0.15) is 285 Å². The molecule has 9 atom stereocenters. The second kappa shape index (κ2) is 37.2. The topological polar surface area (TPSA) is 255 Å². The van der Waals surface area contributed by atoms with Crippen molar-refractivity contribution in [2.24, 2.45) is 76.9 Å². The molecular formula is C90H132F6O20. The fourth-order valence-corrected chi connectivity index (χ4v) is 20.4. The maximum absolute atomic E-state index is 14.5. The van der Waals surface area contributed by atoms with Crippen LogP contribution in [0.2, 0.25) is 0 Å². The Balaban J connectivity index is 0.000000205. The van der Waals surface area contributed by atoms with Crippen LogP contribution in [0.3, 0.4) is 0 Å². The standard InChI is InChI=1S/C26H38F6O8.C16H24O2.C15H22O2.C12H14O4.C11H18O2.C10H16O2/c1-14(2)18(33)36-17-12-15(23(9,25(27,28)29)39-19(34)37-21(3,4)5)11-16(13-17)24(10,26(30,31)32)40-20(35)38-22(6,7)8;1-4-16(18-15(17)10(2)3)13-6-11-5-12(8-13)9-14(16)7-11;1-9(2)14(16)17-15(3)12-5-10-4-11(7-12)8-13(15)6-10;1-5(2)11(13)15-9-6-3-7-8(4-6)12(14)16-10(7)9;1-4-11(7-5-6-8-11)13-10(12)9(2)3;1-8(2)9(11)12-10(3)6-4-5-7-10/h15-17H,1,11-13H2,2-10H3;11-14H,2,4-9H2,1,3H3;10-13H,1,4-8H2,2-3H3;6-10H,1,3-4H2,2H3;2,4-8H2,1,3H3;1,4-7H2,2-3H3. The Bertz CT molecular complexity index is 3550. The fraction of sp³-hybridized carbons (Fsp3) is 0.767. The number of esters is 7. The molecule has 10 bridgehead atoms. The summed E-state index contributed by atoms with van der Waals surface area (Å²) >= 11 is 0. The lowest BCUT2D eigenvalue weighted by Crippen LogP contribution is -2.60. The minimum atomic E-state index is -5.29. The van der Waals surface area contributed by atoms with Crippen LogP contribution in [0, 0.1) is 76.9 Å². The maximum atomic E-state index is 14.5. The Morgan fingerprint density at radius 1 is 0.422 bits per heavy atom. The number of hydrogen-bond acceptors (Lipinski definition) is 20. The van der Waals surface area contributed by atoms with Crippen molar-refractivity contribution >= 4 is 54.1 Å². The van der Waals surface area contributed by atoms with Crippen molar-refractivity contribution in [3.05, 3.63) is 72.9 Å². The van der Waals surface area contributed by atoms with Gasteiger partial charge in [0.05, 0.1) is 5.92 Å². The van der Waals surface area contributed by atoms with Gasteiger partial charge in [-0.25, -0.2) is 38.4 Å². The number of alkyl halides is 6. The van der Waals surface area contributed by atoms with E-state index in [2.05, 4.69) is 60.2 Å². The van der Waals surface area contributed by atoms with Crippen molar-refractivity contribution in [2.45, 2.75) is 361 Å². The first kappa shape index (κ1) is 96.0. The highest BCUT2D eigenvalue weighted by Gasteiger charge is 2.68. The summed E-state index contributed by atoms with van der Waals surface area (Å²) in [5, 5.41) is 0. The molecule has 14 rings (SSSR count). The van der Waals surface area contributed by atoms with E-state index in [-0.39, 0.29) is 87.8 Å². The smallest absolute Gasteiger partial charge is 0.459 e. The molecule has 26 heteroatoms. The summed E-state index contributed by atoms with van der Waals surface area (Å²) in [6, 6.07) is 0. The Kier molecular flexibility index (Phi) is 30.8. The number of ether oxygens (including phenoxy) is 11. The second-order valence-corrected chi connectivity index (χ2v) is 38.5. The summed E-state index contributed by atoms with van der Waals surface area (Å²) in [6.45, 7) is 49.0. The third-order valence-electron chi connectivity index (χ3n) is 26.6. The van der Waals surface area contributed by atoms with Crippen LogP contribution in [0.5, 0.6) is 0 Å². The van der Waals surface area contributed by atoms with Crippen molar-refractivity contribution in [1.82, 2.24) is 0 Å². The van der Waals surface area contributed by atoms with Crippen molar-refractivity contribution in [3.63, 3.8) is 0 Å². The molecule has 14 fully saturated rings. The van der Waals surface area contributed by atoms with E-state index >= 15 is 0 Å². The molecule has 14 aliphatic rings. The predicted octanol–water partition coefficient (Wildman–Crippen LogP) is 20.8. The number of carbonyl (C=O) groups excluding carboxylic acids is 9. The molecule has 0 amide bonds. The zero-order valence-corrected chi connectivity index (χ0v) is 72.1. The largest absolute Gasteiger partial charge is 0.509 e. The Morgan fingerprint density at radius 3 is 1.16 bits per heavy atom. The molecule has 0 spiro atoms. The molecule has 0 N–H and O–H groups in total. The van der Waals surface area contributed by atoms with E-state index in [1.54, 1.807) is 34.6 Å². The van der Waals surface area contributed by atoms with Gasteiger partial charge in [0.25, 0.3) is 0 Å². The zero-order valence-electron chi connectivity index (χ0n) is 72.1. The van der Waals surface area contributed by atoms with Gasteiger partial charge in [0.15, 0.2) is 0 Å². The molecule has 20 nitrogen and oxygen atoms in total. The van der Waals surface area contributed by atoms with Gasteiger partial charge in [0.2, 0.25) is 11.2 Å². The van der Waals surface area contributed by atoms with Crippen molar-refractivity contribution in [1.29, 1.82) is 0 Å². The van der Waals surface area contributed by atoms with Crippen LogP contribution in [0.15, 0.2) is 72.9 Å². The first-order valence-corrected chi connectivity index (χ1v) is 41.8. The van der Waals surface area contributed by atoms with Crippen molar-refractivity contribution in [2.75, 3.05) is 0 Å². The third-order valence-corrected chi connectivity index (χ3v) is 26.6.